The van der Waals surface area contributed by atoms with Crippen LogP contribution < -0.4 is 5.32 Å². The normalized spacial score (nSPS) is 13.0. The summed E-state index contributed by atoms with van der Waals surface area (Å²) in [5.74, 6) is -1.18. The molecule has 186 valence electrons. The molecular weight excluding hydrogens is 441 g/mol. The summed E-state index contributed by atoms with van der Waals surface area (Å²) in [6, 6.07) is 3.46. The van der Waals surface area contributed by atoms with E-state index in [0.717, 1.165) is 24.3 Å². The van der Waals surface area contributed by atoms with Gasteiger partial charge in [0.05, 0.1) is 5.56 Å². The maximum Gasteiger partial charge on any atom is 0.416 e. The van der Waals surface area contributed by atoms with Gasteiger partial charge in [0.15, 0.2) is 6.10 Å². The summed E-state index contributed by atoms with van der Waals surface area (Å²) >= 11 is 0. The van der Waals surface area contributed by atoms with Crippen molar-refractivity contribution in [3.63, 3.8) is 0 Å². The maximum absolute atomic E-state index is 13.2. The number of esters is 1. The van der Waals surface area contributed by atoms with Crippen molar-refractivity contribution in [2.24, 2.45) is 5.92 Å². The molecule has 7 nitrogen and oxygen atoms in total. The number of halogens is 3. The smallest absolute Gasteiger partial charge is 0.416 e. The Kier molecular flexibility index (Phi) is 9.74. The zero-order chi connectivity index (χ0) is 25.6. The molecule has 0 aliphatic rings. The second-order valence-corrected chi connectivity index (χ2v) is 9.37. The van der Waals surface area contributed by atoms with Crippen LogP contribution >= 0.6 is 0 Å². The molecule has 0 bridgehead atoms. The van der Waals surface area contributed by atoms with Crippen LogP contribution in [0.3, 0.4) is 0 Å². The Bertz CT molecular complexity index is 815. The first kappa shape index (κ1) is 28.3. The van der Waals surface area contributed by atoms with Gasteiger partial charge in [-0.25, -0.2) is 4.79 Å². The fourth-order valence-corrected chi connectivity index (χ4v) is 2.86. The molecule has 0 aliphatic heterocycles. The van der Waals surface area contributed by atoms with Crippen LogP contribution in [0.15, 0.2) is 24.3 Å². The molecule has 0 fully saturated rings. The van der Waals surface area contributed by atoms with Crippen LogP contribution in [0.1, 0.15) is 60.5 Å². The van der Waals surface area contributed by atoms with Crippen molar-refractivity contribution in [2.75, 3.05) is 11.9 Å². The third-order valence-corrected chi connectivity index (χ3v) is 4.29. The van der Waals surface area contributed by atoms with Crippen molar-refractivity contribution >= 4 is 23.7 Å². The van der Waals surface area contributed by atoms with Gasteiger partial charge in [0.1, 0.15) is 12.1 Å². The number of nitrogens with one attached hydrogen (secondary N) is 1. The topological polar surface area (TPSA) is 84.9 Å². The van der Waals surface area contributed by atoms with E-state index in [0.29, 0.717) is 0 Å². The number of benzene rings is 1. The van der Waals surface area contributed by atoms with E-state index in [2.05, 4.69) is 5.32 Å². The molecule has 0 heterocycles. The molecule has 1 N–H and O–H groups in total. The van der Waals surface area contributed by atoms with Crippen molar-refractivity contribution < 1.29 is 37.0 Å². The van der Waals surface area contributed by atoms with Gasteiger partial charge in [-0.1, -0.05) is 13.8 Å². The van der Waals surface area contributed by atoms with Crippen LogP contribution in [-0.4, -0.2) is 47.2 Å². The minimum atomic E-state index is -4.50. The van der Waals surface area contributed by atoms with E-state index < -0.39 is 41.4 Å². The van der Waals surface area contributed by atoms with E-state index in [1.807, 2.05) is 13.8 Å². The van der Waals surface area contributed by atoms with Crippen molar-refractivity contribution in [1.29, 1.82) is 0 Å². The van der Waals surface area contributed by atoms with Gasteiger partial charge in [-0.3, -0.25) is 14.9 Å². The van der Waals surface area contributed by atoms with E-state index in [1.54, 1.807) is 34.6 Å². The molecule has 0 radical (unpaired) electrons. The highest BCUT2D eigenvalue weighted by Crippen LogP contribution is 2.29. The number of amides is 2. The molecule has 2 amide bonds. The molecule has 0 aromatic heterocycles. The highest BCUT2D eigenvalue weighted by molar-refractivity contribution is 5.90. The molecule has 0 saturated heterocycles. The monoisotopic (exact) mass is 474 g/mol. The number of carbonyl (C=O) groups is 3. The lowest BCUT2D eigenvalue weighted by Gasteiger charge is -2.31. The average molecular weight is 475 g/mol. The largest absolute Gasteiger partial charge is 0.459 e. The van der Waals surface area contributed by atoms with E-state index in [4.69, 9.17) is 9.47 Å². The summed E-state index contributed by atoms with van der Waals surface area (Å²) in [5, 5.41) is 2.33. The Morgan fingerprint density at radius 2 is 1.55 bits per heavy atom. The lowest BCUT2D eigenvalue weighted by atomic mass is 10.0. The number of hydrogen-bond acceptors (Lipinski definition) is 5. The van der Waals surface area contributed by atoms with Gasteiger partial charge in [-0.05, 0) is 71.2 Å². The van der Waals surface area contributed by atoms with Crippen LogP contribution in [0.4, 0.5) is 23.7 Å². The first-order chi connectivity index (χ1) is 15.0. The lowest BCUT2D eigenvalue weighted by molar-refractivity contribution is -0.161. The lowest BCUT2D eigenvalue weighted by Crippen LogP contribution is -2.48. The van der Waals surface area contributed by atoms with E-state index in [1.165, 1.54) is 4.90 Å². The fraction of sp³-hybridized carbons (Fsp3) is 0.609. The fourth-order valence-electron chi connectivity index (χ4n) is 2.86. The number of carbonyl (C=O) groups excluding carboxylic acids is 3. The Balaban J connectivity index is 2.94. The summed E-state index contributed by atoms with van der Waals surface area (Å²) in [7, 11) is 0. The highest BCUT2D eigenvalue weighted by Gasteiger charge is 2.33. The number of ether oxygens (including phenoxy) is 2. The molecule has 1 rings (SSSR count). The summed E-state index contributed by atoms with van der Waals surface area (Å²) in [6.45, 7) is 11.9. The van der Waals surface area contributed by atoms with Crippen LogP contribution in [-0.2, 0) is 25.2 Å². The van der Waals surface area contributed by atoms with Crippen LogP contribution in [0.5, 0.6) is 0 Å². The zero-order valence-electron chi connectivity index (χ0n) is 20.1. The first-order valence-corrected chi connectivity index (χ1v) is 10.7. The molecule has 1 atom stereocenters. The van der Waals surface area contributed by atoms with Crippen LogP contribution in [0.2, 0.25) is 0 Å². The summed E-state index contributed by atoms with van der Waals surface area (Å²) < 4.78 is 48.7. The summed E-state index contributed by atoms with van der Waals surface area (Å²) in [4.78, 5) is 39.1. The summed E-state index contributed by atoms with van der Waals surface area (Å²) in [5.41, 5.74) is -1.50. The standard InChI is InChI=1S/C23H33F3N2O5/c1-14(2)12-18(20(30)28(15(3)4)13-19(29)33-22(5,6)7)32-21(31)27-17-10-8-16(9-11-17)23(24,25)26/h8-11,14-15,18H,12-13H2,1-7H3,(H,27,31)/t18-/m0/s1. The zero-order valence-corrected chi connectivity index (χ0v) is 20.1. The van der Waals surface area contributed by atoms with E-state index in [9.17, 15) is 27.6 Å². The average Bonchev–Trinajstić information content (AvgIpc) is 2.62. The van der Waals surface area contributed by atoms with E-state index in [-0.39, 0.29) is 30.6 Å². The Morgan fingerprint density at radius 1 is 1.00 bits per heavy atom. The maximum atomic E-state index is 13.2. The predicted octanol–water partition coefficient (Wildman–Crippen LogP) is 5.25. The molecular formula is C23H33F3N2O5. The molecule has 1 aromatic rings. The predicted molar refractivity (Wildman–Crippen MR) is 117 cm³/mol. The number of hydrogen-bond donors (Lipinski definition) is 1. The van der Waals surface area contributed by atoms with Gasteiger partial charge in [-0.2, -0.15) is 13.2 Å². The minimum absolute atomic E-state index is 0.0200. The van der Waals surface area contributed by atoms with Gasteiger partial charge in [0.25, 0.3) is 5.91 Å². The quantitative estimate of drug-likeness (QED) is 0.521. The van der Waals surface area contributed by atoms with Crippen molar-refractivity contribution in [3.05, 3.63) is 29.8 Å². The molecule has 10 heteroatoms. The van der Waals surface area contributed by atoms with Gasteiger partial charge in [-0.15, -0.1) is 0 Å². The molecule has 33 heavy (non-hydrogen) atoms. The summed E-state index contributed by atoms with van der Waals surface area (Å²) in [6.07, 6.45) is -6.49. The number of anilines is 1. The van der Waals surface area contributed by atoms with Gasteiger partial charge in [0, 0.05) is 11.7 Å². The van der Waals surface area contributed by atoms with Crippen molar-refractivity contribution in [1.82, 2.24) is 4.90 Å². The molecule has 1 aromatic carbocycles. The molecule has 0 spiro atoms. The third kappa shape index (κ3) is 10.1. The molecule has 0 saturated carbocycles. The van der Waals surface area contributed by atoms with Gasteiger partial charge in [0.2, 0.25) is 0 Å². The SMILES string of the molecule is CC(C)C[C@H](OC(=O)Nc1ccc(C(F)(F)F)cc1)C(=O)N(CC(=O)OC(C)(C)C)C(C)C. The number of nitrogens with zero attached hydrogens (tertiary/aromatic N) is 1. The van der Waals surface area contributed by atoms with Crippen LogP contribution in [0.25, 0.3) is 0 Å². The van der Waals surface area contributed by atoms with Crippen LogP contribution in [0, 0.1) is 5.92 Å². The van der Waals surface area contributed by atoms with Crippen molar-refractivity contribution in [3.8, 4) is 0 Å². The minimum Gasteiger partial charge on any atom is -0.459 e. The van der Waals surface area contributed by atoms with E-state index >= 15 is 0 Å². The number of alkyl halides is 3. The Morgan fingerprint density at radius 3 is 1.97 bits per heavy atom. The Hall–Kier alpha value is -2.78. The Labute approximate surface area is 192 Å². The highest BCUT2D eigenvalue weighted by atomic mass is 19.4. The second-order valence-electron chi connectivity index (χ2n) is 9.37. The second kappa shape index (κ2) is 11.4. The number of rotatable bonds is 8. The third-order valence-electron chi connectivity index (χ3n) is 4.29. The van der Waals surface area contributed by atoms with Gasteiger partial charge >= 0.3 is 18.2 Å². The molecule has 0 aliphatic carbocycles. The van der Waals surface area contributed by atoms with Crippen molar-refractivity contribution in [2.45, 2.75) is 78.8 Å². The molecule has 0 unspecified atom stereocenters. The first-order valence-electron chi connectivity index (χ1n) is 10.7. The van der Waals surface area contributed by atoms with Gasteiger partial charge < -0.3 is 14.4 Å².